The number of nitrogens with zero attached hydrogens (tertiary/aromatic N) is 1. The molecule has 3 rings (SSSR count). The highest BCUT2D eigenvalue weighted by molar-refractivity contribution is 7.08. The summed E-state index contributed by atoms with van der Waals surface area (Å²) in [5.41, 5.74) is 4.98. The van der Waals surface area contributed by atoms with Gasteiger partial charge in [-0.3, -0.25) is 14.5 Å². The van der Waals surface area contributed by atoms with Crippen molar-refractivity contribution < 1.29 is 9.59 Å². The molecule has 0 aliphatic carbocycles. The zero-order valence-corrected chi connectivity index (χ0v) is 17.7. The number of anilines is 1. The van der Waals surface area contributed by atoms with E-state index < -0.39 is 11.8 Å². The number of nitrogens with one attached hydrogen (secondary N) is 2. The van der Waals surface area contributed by atoms with Crippen molar-refractivity contribution in [3.63, 3.8) is 0 Å². The smallest absolute Gasteiger partial charge is 0.313 e. The van der Waals surface area contributed by atoms with Crippen molar-refractivity contribution in [1.29, 1.82) is 0 Å². The van der Waals surface area contributed by atoms with Gasteiger partial charge in [-0.1, -0.05) is 24.1 Å². The standard InChI is InChI=1S/C22H29N3O2S/c1-15-11-16(2)20(17(3)12-15)24-22(27)21(26)23-13-19(18-7-10-28-14-18)25-8-5-4-6-9-25/h7,10-12,14,19H,4-6,8-9,13H2,1-3H3,(H,23,26)(H,24,27). The van der Waals surface area contributed by atoms with Gasteiger partial charge in [-0.2, -0.15) is 11.3 Å². The predicted molar refractivity (Wildman–Crippen MR) is 115 cm³/mol. The maximum absolute atomic E-state index is 12.5. The highest BCUT2D eigenvalue weighted by Crippen LogP contribution is 2.26. The molecule has 1 unspecified atom stereocenters. The first-order valence-corrected chi connectivity index (χ1v) is 10.8. The van der Waals surface area contributed by atoms with Gasteiger partial charge in [0.05, 0.1) is 6.04 Å². The van der Waals surface area contributed by atoms with Crippen molar-refractivity contribution in [2.75, 3.05) is 25.0 Å². The lowest BCUT2D eigenvalue weighted by molar-refractivity contribution is -0.136. The lowest BCUT2D eigenvalue weighted by Gasteiger charge is -2.34. The molecule has 2 amide bonds. The molecule has 1 fully saturated rings. The Balaban J connectivity index is 1.63. The fraction of sp³-hybridized carbons (Fsp3) is 0.455. The van der Waals surface area contributed by atoms with Crippen LogP contribution in [0, 0.1) is 20.8 Å². The number of thiophene rings is 1. The lowest BCUT2D eigenvalue weighted by Crippen LogP contribution is -2.43. The summed E-state index contributed by atoms with van der Waals surface area (Å²) in [6.07, 6.45) is 3.62. The van der Waals surface area contributed by atoms with Crippen molar-refractivity contribution in [3.8, 4) is 0 Å². The van der Waals surface area contributed by atoms with E-state index in [1.165, 1.54) is 24.8 Å². The third kappa shape index (κ3) is 5.00. The van der Waals surface area contributed by atoms with Gasteiger partial charge >= 0.3 is 11.8 Å². The molecule has 28 heavy (non-hydrogen) atoms. The minimum Gasteiger partial charge on any atom is -0.346 e. The molecule has 0 spiro atoms. The molecule has 6 heteroatoms. The van der Waals surface area contributed by atoms with Crippen LogP contribution in [0.2, 0.25) is 0 Å². The Bertz CT molecular complexity index is 803. The number of amides is 2. The van der Waals surface area contributed by atoms with Gasteiger partial charge < -0.3 is 10.6 Å². The van der Waals surface area contributed by atoms with Crippen molar-refractivity contribution in [1.82, 2.24) is 10.2 Å². The van der Waals surface area contributed by atoms with E-state index in [2.05, 4.69) is 32.4 Å². The molecule has 2 heterocycles. The van der Waals surface area contributed by atoms with Crippen LogP contribution in [0.3, 0.4) is 0 Å². The summed E-state index contributed by atoms with van der Waals surface area (Å²) in [6, 6.07) is 6.23. The Hall–Kier alpha value is -2.18. The predicted octanol–water partition coefficient (Wildman–Crippen LogP) is 3.96. The van der Waals surface area contributed by atoms with Crippen molar-refractivity contribution in [2.24, 2.45) is 0 Å². The summed E-state index contributed by atoms with van der Waals surface area (Å²) in [6.45, 7) is 8.40. The van der Waals surface area contributed by atoms with Crippen LogP contribution in [0.5, 0.6) is 0 Å². The molecule has 1 aliphatic heterocycles. The maximum atomic E-state index is 12.5. The topological polar surface area (TPSA) is 61.4 Å². The number of piperidine rings is 1. The molecule has 1 saturated heterocycles. The highest BCUT2D eigenvalue weighted by Gasteiger charge is 2.24. The lowest BCUT2D eigenvalue weighted by atomic mass is 10.0. The molecule has 2 N–H and O–H groups in total. The van der Waals surface area contributed by atoms with Crippen LogP contribution >= 0.6 is 11.3 Å². The monoisotopic (exact) mass is 399 g/mol. The van der Waals surface area contributed by atoms with E-state index in [1.807, 2.05) is 32.9 Å². The molecule has 0 saturated carbocycles. The molecule has 0 bridgehead atoms. The Labute approximate surface area is 171 Å². The first-order valence-electron chi connectivity index (χ1n) is 9.89. The largest absolute Gasteiger partial charge is 0.346 e. The number of carbonyl (C=O) groups is 2. The Morgan fingerprint density at radius 1 is 1.07 bits per heavy atom. The molecule has 1 aromatic carbocycles. The van der Waals surface area contributed by atoms with Crippen molar-refractivity contribution >= 4 is 28.8 Å². The molecular formula is C22H29N3O2S. The van der Waals surface area contributed by atoms with E-state index in [4.69, 9.17) is 0 Å². The molecule has 1 atom stereocenters. The van der Waals surface area contributed by atoms with Gasteiger partial charge in [0.15, 0.2) is 0 Å². The summed E-state index contributed by atoms with van der Waals surface area (Å²) in [4.78, 5) is 27.3. The first kappa shape index (κ1) is 20.6. The molecule has 150 valence electrons. The van der Waals surface area contributed by atoms with E-state index in [0.717, 1.165) is 35.5 Å². The normalized spacial score (nSPS) is 15.8. The zero-order chi connectivity index (χ0) is 20.1. The average Bonchev–Trinajstić information content (AvgIpc) is 3.19. The summed E-state index contributed by atoms with van der Waals surface area (Å²) in [7, 11) is 0. The van der Waals surface area contributed by atoms with Crippen LogP contribution in [0.1, 0.15) is 47.6 Å². The van der Waals surface area contributed by atoms with E-state index >= 15 is 0 Å². The summed E-state index contributed by atoms with van der Waals surface area (Å²) in [5, 5.41) is 9.82. The first-order chi connectivity index (χ1) is 13.5. The summed E-state index contributed by atoms with van der Waals surface area (Å²) < 4.78 is 0. The SMILES string of the molecule is Cc1cc(C)c(NC(=O)C(=O)NCC(c2ccsc2)N2CCCCC2)c(C)c1. The fourth-order valence-corrected chi connectivity index (χ4v) is 4.68. The van der Waals surface area contributed by atoms with Crippen molar-refractivity contribution in [2.45, 2.75) is 46.1 Å². The van der Waals surface area contributed by atoms with Crippen LogP contribution in [0.25, 0.3) is 0 Å². The van der Waals surface area contributed by atoms with Gasteiger partial charge in [0.1, 0.15) is 0 Å². The van der Waals surface area contributed by atoms with Crippen LogP contribution in [0.15, 0.2) is 29.0 Å². The highest BCUT2D eigenvalue weighted by atomic mass is 32.1. The van der Waals surface area contributed by atoms with E-state index in [0.29, 0.717) is 6.54 Å². The average molecular weight is 400 g/mol. The van der Waals surface area contributed by atoms with E-state index in [1.54, 1.807) is 11.3 Å². The molecule has 1 aliphatic rings. The number of rotatable bonds is 5. The third-order valence-electron chi connectivity index (χ3n) is 5.34. The molecule has 2 aromatic rings. The number of carbonyl (C=O) groups excluding carboxylic acids is 2. The van der Waals surface area contributed by atoms with Crippen LogP contribution in [-0.4, -0.2) is 36.3 Å². The number of hydrogen-bond donors (Lipinski definition) is 2. The minimum atomic E-state index is -0.613. The second-order valence-corrected chi connectivity index (χ2v) is 8.39. The number of benzene rings is 1. The van der Waals surface area contributed by atoms with Gasteiger partial charge in [-0.05, 0) is 80.2 Å². The van der Waals surface area contributed by atoms with Gasteiger partial charge in [0, 0.05) is 12.2 Å². The summed E-state index contributed by atoms with van der Waals surface area (Å²) in [5.74, 6) is -1.20. The number of likely N-dealkylation sites (tertiary alicyclic amines) is 1. The van der Waals surface area contributed by atoms with Crippen LogP contribution < -0.4 is 10.6 Å². The zero-order valence-electron chi connectivity index (χ0n) is 16.9. The van der Waals surface area contributed by atoms with Gasteiger partial charge in [-0.15, -0.1) is 0 Å². The Morgan fingerprint density at radius 2 is 1.75 bits per heavy atom. The molecule has 0 radical (unpaired) electrons. The minimum absolute atomic E-state index is 0.117. The Kier molecular flexibility index (Phi) is 6.86. The Morgan fingerprint density at radius 3 is 2.36 bits per heavy atom. The van der Waals surface area contributed by atoms with Crippen LogP contribution in [-0.2, 0) is 9.59 Å². The maximum Gasteiger partial charge on any atom is 0.313 e. The van der Waals surface area contributed by atoms with Crippen molar-refractivity contribution in [3.05, 3.63) is 51.2 Å². The quantitative estimate of drug-likeness (QED) is 0.748. The molecule has 1 aromatic heterocycles. The number of hydrogen-bond acceptors (Lipinski definition) is 4. The van der Waals surface area contributed by atoms with Gasteiger partial charge in [-0.25, -0.2) is 0 Å². The fourth-order valence-electron chi connectivity index (χ4n) is 3.97. The second kappa shape index (κ2) is 9.34. The molecular weight excluding hydrogens is 370 g/mol. The summed E-state index contributed by atoms with van der Waals surface area (Å²) >= 11 is 1.66. The number of aryl methyl sites for hydroxylation is 3. The third-order valence-corrected chi connectivity index (χ3v) is 6.04. The van der Waals surface area contributed by atoms with E-state index in [-0.39, 0.29) is 6.04 Å². The molecule has 5 nitrogen and oxygen atoms in total. The second-order valence-electron chi connectivity index (χ2n) is 7.61. The van der Waals surface area contributed by atoms with Gasteiger partial charge in [0.25, 0.3) is 0 Å². The van der Waals surface area contributed by atoms with E-state index in [9.17, 15) is 9.59 Å². The van der Waals surface area contributed by atoms with Gasteiger partial charge in [0.2, 0.25) is 0 Å². The van der Waals surface area contributed by atoms with Crippen LogP contribution in [0.4, 0.5) is 5.69 Å².